The maximum absolute atomic E-state index is 13.6. The topological polar surface area (TPSA) is 35.2 Å². The molecule has 0 aliphatic rings. The van der Waals surface area contributed by atoms with Crippen molar-refractivity contribution in [3.63, 3.8) is 0 Å². The lowest BCUT2D eigenvalue weighted by Crippen LogP contribution is -2.03. The number of ether oxygens (including phenoxy) is 1. The highest BCUT2D eigenvalue weighted by atomic mass is 79.9. The third kappa shape index (κ3) is 3.49. The van der Waals surface area contributed by atoms with E-state index in [9.17, 15) is 4.39 Å². The predicted octanol–water partition coefficient (Wildman–Crippen LogP) is 5.27. The number of halogens is 4. The van der Waals surface area contributed by atoms with Gasteiger partial charge in [0.05, 0.1) is 8.95 Å². The number of hydrogen-bond acceptors (Lipinski definition) is 2. The minimum Gasteiger partial charge on any atom is -0.486 e. The quantitative estimate of drug-likeness (QED) is 0.642. The smallest absolute Gasteiger partial charge is 0.148 e. The number of benzene rings is 2. The average Bonchev–Trinajstić information content (AvgIpc) is 2.31. The maximum atomic E-state index is 13.6. The Hall–Kier alpha value is -0.590. The van der Waals surface area contributed by atoms with Gasteiger partial charge in [0.25, 0.3) is 0 Å². The second-order valence-corrected chi connectivity index (χ2v) is 6.42. The standard InChI is InChI=1S/C13H9Br3FNO/c14-7-4-9(15)13(10(16)5-7)19-6-8-11(17)2-1-3-12(8)18/h1-5H,6,18H2. The molecule has 2 N–H and O–H groups in total. The molecule has 0 saturated carbocycles. The Morgan fingerprint density at radius 3 is 2.32 bits per heavy atom. The van der Waals surface area contributed by atoms with Gasteiger partial charge in [-0.1, -0.05) is 22.0 Å². The Morgan fingerprint density at radius 2 is 1.74 bits per heavy atom. The summed E-state index contributed by atoms with van der Waals surface area (Å²) < 4.78 is 21.7. The van der Waals surface area contributed by atoms with Crippen LogP contribution in [0.5, 0.6) is 5.75 Å². The van der Waals surface area contributed by atoms with Crippen molar-refractivity contribution in [2.45, 2.75) is 6.61 Å². The van der Waals surface area contributed by atoms with Crippen LogP contribution in [-0.4, -0.2) is 0 Å². The molecule has 0 saturated heterocycles. The van der Waals surface area contributed by atoms with E-state index in [4.69, 9.17) is 10.5 Å². The molecule has 0 aliphatic heterocycles. The van der Waals surface area contributed by atoms with E-state index in [1.807, 2.05) is 12.1 Å². The summed E-state index contributed by atoms with van der Waals surface area (Å²) in [5.74, 6) is 0.232. The Morgan fingerprint density at radius 1 is 1.11 bits per heavy atom. The lowest BCUT2D eigenvalue weighted by atomic mass is 10.2. The highest BCUT2D eigenvalue weighted by Crippen LogP contribution is 2.37. The van der Waals surface area contributed by atoms with Gasteiger partial charge in [0.2, 0.25) is 0 Å². The monoisotopic (exact) mass is 451 g/mol. The van der Waals surface area contributed by atoms with E-state index in [0.717, 1.165) is 13.4 Å². The summed E-state index contributed by atoms with van der Waals surface area (Å²) in [6, 6.07) is 8.28. The number of hydrogen-bond donors (Lipinski definition) is 1. The number of anilines is 1. The van der Waals surface area contributed by atoms with Crippen molar-refractivity contribution in [3.05, 3.63) is 55.1 Å². The van der Waals surface area contributed by atoms with Crippen molar-refractivity contribution in [2.24, 2.45) is 0 Å². The van der Waals surface area contributed by atoms with E-state index in [1.54, 1.807) is 12.1 Å². The molecule has 19 heavy (non-hydrogen) atoms. The van der Waals surface area contributed by atoms with E-state index >= 15 is 0 Å². The average molecular weight is 454 g/mol. The van der Waals surface area contributed by atoms with Crippen molar-refractivity contribution in [3.8, 4) is 5.75 Å². The Kier molecular flexibility index (Phi) is 4.86. The summed E-state index contributed by atoms with van der Waals surface area (Å²) in [7, 11) is 0. The van der Waals surface area contributed by atoms with Crippen LogP contribution in [0.4, 0.5) is 10.1 Å². The van der Waals surface area contributed by atoms with Gasteiger partial charge >= 0.3 is 0 Å². The summed E-state index contributed by atoms with van der Waals surface area (Å²) in [4.78, 5) is 0. The van der Waals surface area contributed by atoms with Crippen LogP contribution in [0.1, 0.15) is 5.56 Å². The molecule has 0 amide bonds. The van der Waals surface area contributed by atoms with Gasteiger partial charge in [-0.05, 0) is 56.1 Å². The Labute approximate surface area is 135 Å². The van der Waals surface area contributed by atoms with Crippen LogP contribution in [0.15, 0.2) is 43.7 Å². The third-order valence-corrected chi connectivity index (χ3v) is 4.11. The molecule has 100 valence electrons. The fraction of sp³-hybridized carbons (Fsp3) is 0.0769. The highest BCUT2D eigenvalue weighted by molar-refractivity contribution is 9.11. The number of nitrogens with two attached hydrogens (primary N) is 1. The van der Waals surface area contributed by atoms with Crippen LogP contribution >= 0.6 is 47.8 Å². The Balaban J connectivity index is 2.24. The first-order chi connectivity index (χ1) is 8.99. The van der Waals surface area contributed by atoms with E-state index in [2.05, 4.69) is 47.8 Å². The Bertz CT molecular complexity index is 576. The third-order valence-electron chi connectivity index (χ3n) is 2.48. The SMILES string of the molecule is Nc1cccc(F)c1COc1c(Br)cc(Br)cc1Br. The molecule has 0 fully saturated rings. The van der Waals surface area contributed by atoms with Crippen molar-refractivity contribution in [2.75, 3.05) is 5.73 Å². The fourth-order valence-electron chi connectivity index (χ4n) is 1.54. The largest absolute Gasteiger partial charge is 0.486 e. The molecule has 0 spiro atoms. The van der Waals surface area contributed by atoms with Crippen LogP contribution in [-0.2, 0) is 6.61 Å². The first-order valence-electron chi connectivity index (χ1n) is 5.29. The predicted molar refractivity (Wildman–Crippen MR) is 84.7 cm³/mol. The van der Waals surface area contributed by atoms with Gasteiger partial charge < -0.3 is 10.5 Å². The van der Waals surface area contributed by atoms with E-state index in [-0.39, 0.29) is 12.4 Å². The molecule has 0 aromatic heterocycles. The van der Waals surface area contributed by atoms with Gasteiger partial charge in [0, 0.05) is 15.7 Å². The summed E-state index contributed by atoms with van der Waals surface area (Å²) in [6.45, 7) is 0.0668. The van der Waals surface area contributed by atoms with Crippen LogP contribution in [0, 0.1) is 5.82 Å². The molecule has 0 bridgehead atoms. The maximum Gasteiger partial charge on any atom is 0.148 e. The van der Waals surface area contributed by atoms with Crippen molar-refractivity contribution in [1.29, 1.82) is 0 Å². The first-order valence-corrected chi connectivity index (χ1v) is 7.67. The second-order valence-electron chi connectivity index (χ2n) is 3.79. The number of rotatable bonds is 3. The zero-order valence-corrected chi connectivity index (χ0v) is 14.3. The fourth-order valence-corrected chi connectivity index (χ4v) is 4.03. The minimum absolute atomic E-state index is 0.0668. The zero-order valence-electron chi connectivity index (χ0n) is 9.59. The molecule has 2 aromatic carbocycles. The second kappa shape index (κ2) is 6.24. The molecule has 0 radical (unpaired) electrons. The molecule has 0 heterocycles. The van der Waals surface area contributed by atoms with Crippen molar-refractivity contribution < 1.29 is 9.13 Å². The van der Waals surface area contributed by atoms with Gasteiger partial charge in [0.1, 0.15) is 18.2 Å². The molecule has 0 unspecified atom stereocenters. The van der Waals surface area contributed by atoms with Gasteiger partial charge in [-0.3, -0.25) is 0 Å². The van der Waals surface area contributed by atoms with Gasteiger partial charge in [-0.2, -0.15) is 0 Å². The van der Waals surface area contributed by atoms with E-state index < -0.39 is 0 Å². The van der Waals surface area contributed by atoms with Gasteiger partial charge in [-0.15, -0.1) is 0 Å². The van der Waals surface area contributed by atoms with Crippen molar-refractivity contribution >= 4 is 53.5 Å². The van der Waals surface area contributed by atoms with Crippen molar-refractivity contribution in [1.82, 2.24) is 0 Å². The van der Waals surface area contributed by atoms with Gasteiger partial charge in [0.15, 0.2) is 0 Å². The van der Waals surface area contributed by atoms with Crippen LogP contribution in [0.25, 0.3) is 0 Å². The molecule has 0 atom stereocenters. The normalized spacial score (nSPS) is 10.5. The molecular formula is C13H9Br3FNO. The molecule has 2 aromatic rings. The lowest BCUT2D eigenvalue weighted by molar-refractivity contribution is 0.297. The summed E-state index contributed by atoms with van der Waals surface area (Å²) in [5, 5.41) is 0. The summed E-state index contributed by atoms with van der Waals surface area (Å²) in [6.07, 6.45) is 0. The van der Waals surface area contributed by atoms with Crippen LogP contribution in [0.2, 0.25) is 0 Å². The van der Waals surface area contributed by atoms with E-state index in [1.165, 1.54) is 6.07 Å². The van der Waals surface area contributed by atoms with E-state index in [0.29, 0.717) is 17.0 Å². The minimum atomic E-state index is -0.371. The summed E-state index contributed by atoms with van der Waals surface area (Å²) in [5.41, 5.74) is 6.46. The molecule has 6 heteroatoms. The van der Waals surface area contributed by atoms with Crippen LogP contribution in [0.3, 0.4) is 0 Å². The molecular weight excluding hydrogens is 445 g/mol. The molecule has 2 nitrogen and oxygen atoms in total. The first kappa shape index (κ1) is 14.8. The molecule has 2 rings (SSSR count). The van der Waals surface area contributed by atoms with Gasteiger partial charge in [-0.25, -0.2) is 4.39 Å². The highest BCUT2D eigenvalue weighted by Gasteiger charge is 2.11. The summed E-state index contributed by atoms with van der Waals surface area (Å²) >= 11 is 10.2. The van der Waals surface area contributed by atoms with Crippen LogP contribution < -0.4 is 10.5 Å². The molecule has 0 aliphatic carbocycles. The lowest BCUT2D eigenvalue weighted by Gasteiger charge is -2.12. The number of nitrogen functional groups attached to an aromatic ring is 1. The zero-order chi connectivity index (χ0) is 14.0.